The number of carbonyl (C=O) groups excluding carboxylic acids is 1. The molecule has 1 rings (SSSR count). The fourth-order valence-corrected chi connectivity index (χ4v) is 1.18. The third-order valence-electron chi connectivity index (χ3n) is 2.02. The number of quaternary nitrogens is 1. The fourth-order valence-electron chi connectivity index (χ4n) is 1.18. The number of aromatic amines is 1. The van der Waals surface area contributed by atoms with Crippen LogP contribution in [0.1, 0.15) is 9.81 Å². The highest BCUT2D eigenvalue weighted by atomic mass is 16.4. The quantitative estimate of drug-likeness (QED) is 0.619. The van der Waals surface area contributed by atoms with Gasteiger partial charge in [-0.2, -0.15) is 0 Å². The second-order valence-corrected chi connectivity index (χ2v) is 3.66. The fraction of sp³-hybridized carbons (Fsp3) is 0.556. The van der Waals surface area contributed by atoms with E-state index in [9.17, 15) is 9.90 Å². The van der Waals surface area contributed by atoms with Crippen molar-refractivity contribution in [1.82, 2.24) is 9.97 Å². The van der Waals surface area contributed by atoms with Crippen LogP contribution in [0.15, 0.2) is 12.5 Å². The van der Waals surface area contributed by atoms with E-state index in [2.05, 4.69) is 9.97 Å². The summed E-state index contributed by atoms with van der Waals surface area (Å²) in [7, 11) is 2.70. The van der Waals surface area contributed by atoms with Gasteiger partial charge in [0.15, 0.2) is 0 Å². The van der Waals surface area contributed by atoms with E-state index in [0.717, 1.165) is 0 Å². The SMILES string of the molecule is [2H]C([2H])([2H])[N+](C)(C)C(Cc1cnc[nH]1)C(=O)[O-]. The first-order valence-electron chi connectivity index (χ1n) is 5.68. The summed E-state index contributed by atoms with van der Waals surface area (Å²) >= 11 is 0. The van der Waals surface area contributed by atoms with Crippen LogP contribution in [0.4, 0.5) is 0 Å². The van der Waals surface area contributed by atoms with Crippen LogP contribution in [0, 0.1) is 0 Å². The van der Waals surface area contributed by atoms with Crippen molar-refractivity contribution in [2.24, 2.45) is 0 Å². The maximum Gasteiger partial charge on any atom is 0.134 e. The van der Waals surface area contributed by atoms with Gasteiger partial charge in [-0.3, -0.25) is 0 Å². The summed E-state index contributed by atoms with van der Waals surface area (Å²) in [6, 6.07) is -1.16. The van der Waals surface area contributed by atoms with Gasteiger partial charge in [0, 0.05) is 18.3 Å². The topological polar surface area (TPSA) is 68.8 Å². The molecule has 14 heavy (non-hydrogen) atoms. The molecule has 78 valence electrons. The number of hydrogen-bond acceptors (Lipinski definition) is 3. The van der Waals surface area contributed by atoms with Crippen LogP contribution in [0.5, 0.6) is 0 Å². The predicted molar refractivity (Wildman–Crippen MR) is 49.1 cm³/mol. The predicted octanol–water partition coefficient (Wildman–Crippen LogP) is -1.22. The molecule has 0 saturated carbocycles. The van der Waals surface area contributed by atoms with E-state index < -0.39 is 23.5 Å². The highest BCUT2D eigenvalue weighted by Gasteiger charge is 2.25. The zero-order valence-electron chi connectivity index (χ0n) is 11.2. The maximum absolute atomic E-state index is 11.1. The number of carbonyl (C=O) groups is 1. The number of aromatic nitrogens is 2. The first-order chi connectivity index (χ1) is 7.66. The molecule has 0 saturated heterocycles. The molecule has 1 atom stereocenters. The van der Waals surface area contributed by atoms with Crippen molar-refractivity contribution in [2.45, 2.75) is 12.5 Å². The van der Waals surface area contributed by atoms with Gasteiger partial charge in [-0.25, -0.2) is 4.98 Å². The van der Waals surface area contributed by atoms with Crippen molar-refractivity contribution in [3.8, 4) is 0 Å². The van der Waals surface area contributed by atoms with E-state index in [-0.39, 0.29) is 6.42 Å². The Kier molecular flexibility index (Phi) is 1.90. The number of imidazole rings is 1. The van der Waals surface area contributed by atoms with E-state index in [1.807, 2.05) is 0 Å². The average molecular weight is 200 g/mol. The summed E-state index contributed by atoms with van der Waals surface area (Å²) in [4.78, 5) is 17.6. The number of nitrogens with zero attached hydrogens (tertiary/aromatic N) is 2. The molecule has 0 aromatic carbocycles. The van der Waals surface area contributed by atoms with E-state index in [0.29, 0.717) is 5.69 Å². The van der Waals surface area contributed by atoms with Crippen LogP contribution in [0.3, 0.4) is 0 Å². The number of hydrogen-bond donors (Lipinski definition) is 1. The Morgan fingerprint density at radius 3 is 3.00 bits per heavy atom. The highest BCUT2D eigenvalue weighted by Crippen LogP contribution is 2.08. The van der Waals surface area contributed by atoms with Crippen LogP contribution in [-0.2, 0) is 11.2 Å². The van der Waals surface area contributed by atoms with Crippen molar-refractivity contribution in [1.29, 1.82) is 0 Å². The Morgan fingerprint density at radius 1 is 1.86 bits per heavy atom. The van der Waals surface area contributed by atoms with Gasteiger partial charge in [-0.05, 0) is 0 Å². The van der Waals surface area contributed by atoms with Gasteiger partial charge in [-0.1, -0.05) is 0 Å². The zero-order valence-corrected chi connectivity index (χ0v) is 8.15. The summed E-state index contributed by atoms with van der Waals surface area (Å²) in [6.45, 7) is -2.43. The molecular weight excluding hydrogens is 182 g/mol. The van der Waals surface area contributed by atoms with Gasteiger partial charge in [0.1, 0.15) is 6.04 Å². The van der Waals surface area contributed by atoms with Crippen LogP contribution >= 0.6 is 0 Å². The van der Waals surface area contributed by atoms with Crippen molar-refractivity contribution in [2.75, 3.05) is 21.1 Å². The summed E-state index contributed by atoms with van der Waals surface area (Å²) in [5, 5.41) is 11.1. The molecule has 0 aliphatic heterocycles. The molecule has 1 aromatic rings. The molecule has 0 amide bonds. The number of aliphatic carboxylic acids is 1. The first kappa shape index (κ1) is 7.00. The molecule has 5 nitrogen and oxygen atoms in total. The van der Waals surface area contributed by atoms with E-state index in [1.54, 1.807) is 0 Å². The Morgan fingerprint density at radius 2 is 2.57 bits per heavy atom. The van der Waals surface area contributed by atoms with Crippen LogP contribution in [0.25, 0.3) is 0 Å². The number of nitrogens with one attached hydrogen (secondary N) is 1. The molecule has 0 aliphatic carbocycles. The lowest BCUT2D eigenvalue weighted by Gasteiger charge is -2.34. The van der Waals surface area contributed by atoms with Gasteiger partial charge in [0.25, 0.3) is 0 Å². The minimum absolute atomic E-state index is 0.0354. The minimum atomic E-state index is -2.43. The smallest absolute Gasteiger partial charge is 0.134 e. The lowest BCUT2D eigenvalue weighted by Crippen LogP contribution is -2.55. The number of carboxylic acid groups (broad SMARTS) is 1. The van der Waals surface area contributed by atoms with Gasteiger partial charge in [0.2, 0.25) is 0 Å². The molecule has 0 aliphatic rings. The molecule has 1 unspecified atom stereocenters. The summed E-state index contributed by atoms with van der Waals surface area (Å²) in [5.41, 5.74) is 0.564. The lowest BCUT2D eigenvalue weighted by atomic mass is 10.1. The zero-order chi connectivity index (χ0) is 13.3. The Hall–Kier alpha value is -1.36. The Balaban J connectivity index is 2.98. The van der Waals surface area contributed by atoms with Gasteiger partial charge >= 0.3 is 0 Å². The van der Waals surface area contributed by atoms with Gasteiger partial charge in [0.05, 0.1) is 37.5 Å². The summed E-state index contributed by atoms with van der Waals surface area (Å²) in [6.07, 6.45) is 2.92. The van der Waals surface area contributed by atoms with Gasteiger partial charge < -0.3 is 19.4 Å². The number of rotatable bonds is 4. The van der Waals surface area contributed by atoms with Crippen molar-refractivity contribution < 1.29 is 18.5 Å². The molecule has 0 bridgehead atoms. The molecule has 0 radical (unpaired) electrons. The number of carboxylic acids is 1. The van der Waals surface area contributed by atoms with E-state index in [4.69, 9.17) is 4.11 Å². The molecule has 1 aromatic heterocycles. The third-order valence-corrected chi connectivity index (χ3v) is 2.02. The molecule has 0 spiro atoms. The lowest BCUT2D eigenvalue weighted by molar-refractivity contribution is -0.889. The monoisotopic (exact) mass is 200 g/mol. The average Bonchev–Trinajstić information content (AvgIpc) is 2.63. The molecular formula is C9H15N3O2. The number of likely N-dealkylation sites (N-methyl/N-ethyl adjacent to an activating group) is 1. The largest absolute Gasteiger partial charge is 0.544 e. The molecule has 1 N–H and O–H groups in total. The Labute approximate surface area is 87.2 Å². The molecule has 0 fully saturated rings. The van der Waals surface area contributed by atoms with Crippen molar-refractivity contribution in [3.05, 3.63) is 18.2 Å². The van der Waals surface area contributed by atoms with E-state index >= 15 is 0 Å². The number of H-pyrrole nitrogens is 1. The Bertz CT molecular complexity index is 387. The third kappa shape index (κ3) is 2.56. The van der Waals surface area contributed by atoms with Crippen LogP contribution < -0.4 is 5.11 Å². The normalized spacial score (nSPS) is 18.0. The first-order valence-corrected chi connectivity index (χ1v) is 4.18. The minimum Gasteiger partial charge on any atom is -0.544 e. The van der Waals surface area contributed by atoms with Crippen molar-refractivity contribution >= 4 is 5.97 Å². The van der Waals surface area contributed by atoms with Crippen molar-refractivity contribution in [3.63, 3.8) is 0 Å². The van der Waals surface area contributed by atoms with Gasteiger partial charge in [-0.15, -0.1) is 0 Å². The second kappa shape index (κ2) is 3.79. The molecule has 1 heterocycles. The maximum atomic E-state index is 11.1. The summed E-state index contributed by atoms with van der Waals surface area (Å²) < 4.78 is 21.5. The van der Waals surface area contributed by atoms with Crippen LogP contribution in [-0.4, -0.2) is 47.5 Å². The second-order valence-electron chi connectivity index (χ2n) is 3.66. The van der Waals surface area contributed by atoms with E-state index in [1.165, 1.54) is 26.6 Å². The highest BCUT2D eigenvalue weighted by molar-refractivity contribution is 5.70. The summed E-state index contributed by atoms with van der Waals surface area (Å²) in [5.74, 6) is -1.39. The molecule has 5 heteroatoms. The van der Waals surface area contributed by atoms with Crippen LogP contribution in [0.2, 0.25) is 0 Å². The standard InChI is InChI=1S/C9H15N3O2/c1-12(2,3)8(9(13)14)4-7-5-10-6-11-7/h5-6,8H,4H2,1-3H3,(H-,10,11,13,14)/i1D3.